The minimum Gasteiger partial charge on any atom is -0.380 e. The van der Waals surface area contributed by atoms with Crippen molar-refractivity contribution in [2.75, 3.05) is 13.2 Å². The lowest BCUT2D eigenvalue weighted by Gasteiger charge is -2.12. The summed E-state index contributed by atoms with van der Waals surface area (Å²) in [7, 11) is 0. The highest BCUT2D eigenvalue weighted by molar-refractivity contribution is 7.16. The first-order chi connectivity index (χ1) is 10.7. The van der Waals surface area contributed by atoms with Crippen LogP contribution in [-0.4, -0.2) is 23.7 Å². The van der Waals surface area contributed by atoms with E-state index in [4.69, 9.17) is 27.9 Å². The number of carbonyl (C=O) groups excluding carboxylic acids is 1. The van der Waals surface area contributed by atoms with Crippen LogP contribution in [-0.2, 0) is 16.1 Å². The molecule has 2 aromatic rings. The number of hydrogen-bond donors (Lipinski definition) is 0. The van der Waals surface area contributed by atoms with Crippen LogP contribution in [0.3, 0.4) is 0 Å². The zero-order valence-corrected chi connectivity index (χ0v) is 16.0. The Hall–Kier alpha value is -0.880. The summed E-state index contributed by atoms with van der Waals surface area (Å²) in [5.41, 5.74) is 0.302. The van der Waals surface area contributed by atoms with Crippen molar-refractivity contribution in [3.8, 4) is 0 Å². The molecule has 4 nitrogen and oxygen atoms in total. The number of halogens is 2. The Labute approximate surface area is 149 Å². The van der Waals surface area contributed by atoms with E-state index in [9.17, 15) is 4.79 Å². The van der Waals surface area contributed by atoms with E-state index in [1.54, 1.807) is 6.07 Å². The first-order valence-electron chi connectivity index (χ1n) is 7.39. The Morgan fingerprint density at radius 1 is 1.35 bits per heavy atom. The first kappa shape index (κ1) is 18.5. The molecule has 1 amide bonds. The normalized spacial score (nSPS) is 13.0. The van der Waals surface area contributed by atoms with Gasteiger partial charge in [0.25, 0.3) is 5.91 Å². The Morgan fingerprint density at radius 3 is 2.65 bits per heavy atom. The number of fused-ring (bicyclic) bond motifs is 1. The number of nitrogens with zero attached hydrogens (tertiary/aromatic N) is 2. The maximum Gasteiger partial charge on any atom is 0.253 e. The lowest BCUT2D eigenvalue weighted by molar-refractivity contribution is -0.125. The molecule has 0 aliphatic heterocycles. The minimum atomic E-state index is -0.532. The molecule has 2 rings (SSSR count). The van der Waals surface area contributed by atoms with Gasteiger partial charge in [0, 0.05) is 23.6 Å². The first-order valence-corrected chi connectivity index (χ1v) is 8.96. The fraction of sp³-hybridized carbons (Fsp3) is 0.500. The number of ether oxygens (including phenoxy) is 1. The van der Waals surface area contributed by atoms with Crippen molar-refractivity contribution in [1.29, 1.82) is 0 Å². The predicted octanol–water partition coefficient (Wildman–Crippen LogP) is 4.52. The van der Waals surface area contributed by atoms with Crippen LogP contribution in [0.1, 0.15) is 27.7 Å². The van der Waals surface area contributed by atoms with Gasteiger partial charge in [-0.15, -0.1) is 0 Å². The van der Waals surface area contributed by atoms with E-state index in [1.165, 1.54) is 11.3 Å². The SMILES string of the molecule is CCOCCn1c(=NC(=O)C(C)(C)C)sc2cc(Cl)cc(Cl)c21. The average Bonchev–Trinajstić information content (AvgIpc) is 2.75. The van der Waals surface area contributed by atoms with Crippen molar-refractivity contribution in [3.63, 3.8) is 0 Å². The third-order valence-corrected chi connectivity index (χ3v) is 4.73. The molecule has 0 aliphatic rings. The molecule has 0 bridgehead atoms. The van der Waals surface area contributed by atoms with E-state index in [-0.39, 0.29) is 5.91 Å². The fourth-order valence-corrected chi connectivity index (χ4v) is 3.81. The quantitative estimate of drug-likeness (QED) is 0.738. The molecule has 0 fully saturated rings. The van der Waals surface area contributed by atoms with Gasteiger partial charge in [-0.05, 0) is 19.1 Å². The number of carbonyl (C=O) groups is 1. The predicted molar refractivity (Wildman–Crippen MR) is 96.4 cm³/mol. The molecule has 1 aromatic carbocycles. The summed E-state index contributed by atoms with van der Waals surface area (Å²) in [4.78, 5) is 17.2. The van der Waals surface area contributed by atoms with E-state index in [1.807, 2.05) is 38.3 Å². The summed E-state index contributed by atoms with van der Waals surface area (Å²) in [5, 5.41) is 1.11. The molecule has 7 heteroatoms. The van der Waals surface area contributed by atoms with Crippen LogP contribution in [0.25, 0.3) is 10.2 Å². The van der Waals surface area contributed by atoms with Gasteiger partial charge in [0.15, 0.2) is 4.80 Å². The Morgan fingerprint density at radius 2 is 2.04 bits per heavy atom. The summed E-state index contributed by atoms with van der Waals surface area (Å²) in [6.45, 7) is 9.22. The lowest BCUT2D eigenvalue weighted by Crippen LogP contribution is -2.24. The molecule has 0 aliphatic carbocycles. The number of thiazole rings is 1. The molecule has 0 atom stereocenters. The second-order valence-electron chi connectivity index (χ2n) is 6.13. The third-order valence-electron chi connectivity index (χ3n) is 3.20. The molecule has 1 heterocycles. The van der Waals surface area contributed by atoms with Gasteiger partial charge in [-0.1, -0.05) is 55.3 Å². The van der Waals surface area contributed by atoms with Gasteiger partial charge in [-0.25, -0.2) is 0 Å². The van der Waals surface area contributed by atoms with Gasteiger partial charge in [-0.3, -0.25) is 4.79 Å². The van der Waals surface area contributed by atoms with Crippen molar-refractivity contribution >= 4 is 50.7 Å². The zero-order valence-electron chi connectivity index (χ0n) is 13.7. The topological polar surface area (TPSA) is 43.6 Å². The number of amides is 1. The maximum absolute atomic E-state index is 12.3. The molecular weight excluding hydrogens is 355 g/mol. The summed E-state index contributed by atoms with van der Waals surface area (Å²) < 4.78 is 8.27. The maximum atomic E-state index is 12.3. The highest BCUT2D eigenvalue weighted by atomic mass is 35.5. The van der Waals surface area contributed by atoms with Crippen LogP contribution in [0, 0.1) is 5.41 Å². The molecule has 0 N–H and O–H groups in total. The summed E-state index contributed by atoms with van der Waals surface area (Å²) in [6, 6.07) is 3.54. The highest BCUT2D eigenvalue weighted by Gasteiger charge is 2.21. The van der Waals surface area contributed by atoms with Crippen LogP contribution < -0.4 is 4.80 Å². The van der Waals surface area contributed by atoms with Gasteiger partial charge in [0.05, 0.1) is 21.8 Å². The van der Waals surface area contributed by atoms with E-state index in [0.717, 1.165) is 10.2 Å². The average molecular weight is 375 g/mol. The Kier molecular flexibility index (Phi) is 5.89. The Bertz CT molecular complexity index is 788. The number of aromatic nitrogens is 1. The second kappa shape index (κ2) is 7.34. The zero-order chi connectivity index (χ0) is 17.2. The molecule has 0 unspecified atom stereocenters. The second-order valence-corrected chi connectivity index (χ2v) is 7.99. The van der Waals surface area contributed by atoms with Gasteiger partial charge in [0.1, 0.15) is 0 Å². The summed E-state index contributed by atoms with van der Waals surface area (Å²) >= 11 is 13.8. The molecular formula is C16H20Cl2N2O2S. The lowest BCUT2D eigenvalue weighted by atomic mass is 9.96. The van der Waals surface area contributed by atoms with E-state index < -0.39 is 5.41 Å². The van der Waals surface area contributed by atoms with Crippen LogP contribution in [0.4, 0.5) is 0 Å². The number of benzene rings is 1. The standard InChI is InChI=1S/C16H20Cl2N2O2S/c1-5-22-7-6-20-13-11(18)8-10(17)9-12(13)23-15(20)19-14(21)16(2,3)4/h8-9H,5-7H2,1-4H3. The van der Waals surface area contributed by atoms with Crippen molar-refractivity contribution in [3.05, 3.63) is 27.0 Å². The van der Waals surface area contributed by atoms with E-state index >= 15 is 0 Å². The Balaban J connectivity index is 2.63. The molecule has 0 radical (unpaired) electrons. The van der Waals surface area contributed by atoms with Crippen molar-refractivity contribution < 1.29 is 9.53 Å². The molecule has 0 saturated carbocycles. The van der Waals surface area contributed by atoms with Gasteiger partial charge in [0.2, 0.25) is 0 Å². The van der Waals surface area contributed by atoms with E-state index in [2.05, 4.69) is 4.99 Å². The minimum absolute atomic E-state index is 0.170. The number of rotatable bonds is 4. The molecule has 0 saturated heterocycles. The van der Waals surface area contributed by atoms with Gasteiger partial charge < -0.3 is 9.30 Å². The van der Waals surface area contributed by atoms with Crippen LogP contribution in [0.15, 0.2) is 17.1 Å². The van der Waals surface area contributed by atoms with E-state index in [0.29, 0.717) is 34.6 Å². The van der Waals surface area contributed by atoms with Crippen molar-refractivity contribution in [2.24, 2.45) is 10.4 Å². The summed E-state index contributed by atoms with van der Waals surface area (Å²) in [5.74, 6) is -0.170. The van der Waals surface area contributed by atoms with Crippen LogP contribution >= 0.6 is 34.5 Å². The monoisotopic (exact) mass is 374 g/mol. The van der Waals surface area contributed by atoms with Crippen molar-refractivity contribution in [1.82, 2.24) is 4.57 Å². The molecule has 0 spiro atoms. The highest BCUT2D eigenvalue weighted by Crippen LogP contribution is 2.29. The van der Waals surface area contributed by atoms with Crippen LogP contribution in [0.2, 0.25) is 10.0 Å². The molecule has 126 valence electrons. The van der Waals surface area contributed by atoms with Crippen molar-refractivity contribution in [2.45, 2.75) is 34.2 Å². The summed E-state index contributed by atoms with van der Waals surface area (Å²) in [6.07, 6.45) is 0. The largest absolute Gasteiger partial charge is 0.380 e. The smallest absolute Gasteiger partial charge is 0.253 e. The molecule has 1 aromatic heterocycles. The number of hydrogen-bond acceptors (Lipinski definition) is 3. The van der Waals surface area contributed by atoms with Gasteiger partial charge in [-0.2, -0.15) is 4.99 Å². The van der Waals surface area contributed by atoms with Gasteiger partial charge >= 0.3 is 0 Å². The van der Waals surface area contributed by atoms with Crippen LogP contribution in [0.5, 0.6) is 0 Å². The fourth-order valence-electron chi connectivity index (χ4n) is 1.98. The molecule has 23 heavy (non-hydrogen) atoms. The third kappa shape index (κ3) is 4.35.